The molecular weight excluding hydrogens is 346 g/mol. The lowest BCUT2D eigenvalue weighted by atomic mass is 10.2. The molecule has 0 aliphatic heterocycles. The average Bonchev–Trinajstić information content (AvgIpc) is 3.11. The molecule has 0 atom stereocenters. The minimum absolute atomic E-state index is 0.0368. The Morgan fingerprint density at radius 3 is 2.64 bits per heavy atom. The van der Waals surface area contributed by atoms with Crippen LogP contribution in [-0.2, 0) is 0 Å². The summed E-state index contributed by atoms with van der Waals surface area (Å²) in [4.78, 5) is 26.8. The molecule has 0 unspecified atom stereocenters. The summed E-state index contributed by atoms with van der Waals surface area (Å²) in [5, 5.41) is 30.1. The van der Waals surface area contributed by atoms with E-state index in [1.54, 1.807) is 12.1 Å². The number of phenols is 1. The van der Waals surface area contributed by atoms with E-state index < -0.39 is 10.8 Å². The van der Waals surface area contributed by atoms with Crippen molar-refractivity contribution >= 4 is 29.0 Å². The van der Waals surface area contributed by atoms with E-state index in [0.717, 1.165) is 11.8 Å². The summed E-state index contributed by atoms with van der Waals surface area (Å²) < 4.78 is 0. The Labute approximate surface area is 145 Å². The van der Waals surface area contributed by atoms with Crippen molar-refractivity contribution in [3.05, 3.63) is 64.5 Å². The lowest BCUT2D eigenvalue weighted by Crippen LogP contribution is -2.11. The number of non-ortho nitro benzene ring substituents is 1. The molecule has 126 valence electrons. The number of nitrogens with zero attached hydrogens (tertiary/aromatic N) is 3. The molecule has 0 aliphatic carbocycles. The quantitative estimate of drug-likeness (QED) is 0.363. The van der Waals surface area contributed by atoms with Crippen molar-refractivity contribution in [1.29, 1.82) is 0 Å². The fraction of sp³-hybridized carbons (Fsp3) is 0. The van der Waals surface area contributed by atoms with Crippen molar-refractivity contribution in [1.82, 2.24) is 15.2 Å². The molecule has 0 radical (unpaired) electrons. The molecule has 1 heterocycles. The summed E-state index contributed by atoms with van der Waals surface area (Å²) in [5.41, 5.74) is 0.651. The first-order chi connectivity index (χ1) is 12.0. The third kappa shape index (κ3) is 3.93. The smallest absolute Gasteiger partial charge is 0.269 e. The number of hydrogen-bond acceptors (Lipinski definition) is 7. The number of aromatic nitrogens is 3. The largest absolute Gasteiger partial charge is 0.507 e. The summed E-state index contributed by atoms with van der Waals surface area (Å²) in [6, 6.07) is 9.85. The molecule has 0 spiro atoms. The number of phenolic OH excluding ortho intramolecular Hbond substituents is 1. The summed E-state index contributed by atoms with van der Waals surface area (Å²) in [6.07, 6.45) is 1.35. The maximum atomic E-state index is 12.2. The molecule has 9 nitrogen and oxygen atoms in total. The second-order valence-corrected chi connectivity index (χ2v) is 5.86. The predicted molar refractivity (Wildman–Crippen MR) is 89.7 cm³/mol. The van der Waals surface area contributed by atoms with Gasteiger partial charge in [0.15, 0.2) is 5.16 Å². The normalized spacial score (nSPS) is 10.4. The van der Waals surface area contributed by atoms with Gasteiger partial charge in [-0.05, 0) is 42.1 Å². The number of nitro benzene ring substituents is 1. The Balaban J connectivity index is 1.75. The average molecular weight is 357 g/mol. The predicted octanol–water partition coefficient (Wildman–Crippen LogP) is 2.82. The van der Waals surface area contributed by atoms with Crippen LogP contribution in [0.15, 0.2) is 58.8 Å². The molecule has 0 saturated heterocycles. The van der Waals surface area contributed by atoms with E-state index in [4.69, 9.17) is 0 Å². The lowest BCUT2D eigenvalue weighted by Gasteiger charge is -2.08. The van der Waals surface area contributed by atoms with E-state index in [1.807, 2.05) is 0 Å². The van der Waals surface area contributed by atoms with Gasteiger partial charge in [-0.25, -0.2) is 4.98 Å². The molecule has 0 fully saturated rings. The van der Waals surface area contributed by atoms with Crippen LogP contribution in [0.4, 0.5) is 11.4 Å². The van der Waals surface area contributed by atoms with Crippen molar-refractivity contribution in [2.45, 2.75) is 10.1 Å². The first-order valence-electron chi connectivity index (χ1n) is 6.95. The first-order valence-corrected chi connectivity index (χ1v) is 7.76. The lowest BCUT2D eigenvalue weighted by molar-refractivity contribution is -0.384. The molecule has 3 rings (SSSR count). The fourth-order valence-electron chi connectivity index (χ4n) is 1.96. The number of benzene rings is 2. The third-order valence-electron chi connectivity index (χ3n) is 3.16. The highest BCUT2D eigenvalue weighted by Crippen LogP contribution is 2.34. The second-order valence-electron chi connectivity index (χ2n) is 4.83. The first kappa shape index (κ1) is 16.5. The molecule has 2 aromatic carbocycles. The Morgan fingerprint density at radius 2 is 2.00 bits per heavy atom. The molecule has 0 saturated carbocycles. The number of aromatic amines is 1. The van der Waals surface area contributed by atoms with Crippen LogP contribution in [-0.4, -0.2) is 31.1 Å². The number of carbonyl (C=O) groups is 1. The van der Waals surface area contributed by atoms with E-state index in [9.17, 15) is 20.0 Å². The summed E-state index contributed by atoms with van der Waals surface area (Å²) in [5.74, 6) is -0.383. The van der Waals surface area contributed by atoms with Crippen LogP contribution in [0.2, 0.25) is 0 Å². The van der Waals surface area contributed by atoms with E-state index >= 15 is 0 Å². The number of aromatic hydroxyl groups is 1. The molecule has 1 aromatic heterocycles. The summed E-state index contributed by atoms with van der Waals surface area (Å²) in [6.45, 7) is 0. The van der Waals surface area contributed by atoms with Crippen molar-refractivity contribution in [3.63, 3.8) is 0 Å². The zero-order valence-electron chi connectivity index (χ0n) is 12.5. The minimum Gasteiger partial charge on any atom is -0.507 e. The van der Waals surface area contributed by atoms with Gasteiger partial charge in [-0.3, -0.25) is 20.0 Å². The van der Waals surface area contributed by atoms with Crippen molar-refractivity contribution in [2.24, 2.45) is 0 Å². The minimum atomic E-state index is -0.533. The maximum Gasteiger partial charge on any atom is 0.269 e. The van der Waals surface area contributed by atoms with Gasteiger partial charge in [0.1, 0.15) is 12.1 Å². The van der Waals surface area contributed by atoms with Gasteiger partial charge in [-0.15, -0.1) is 0 Å². The van der Waals surface area contributed by atoms with E-state index in [-0.39, 0.29) is 17.0 Å². The van der Waals surface area contributed by atoms with Gasteiger partial charge in [0.2, 0.25) is 0 Å². The van der Waals surface area contributed by atoms with Gasteiger partial charge in [0, 0.05) is 23.4 Å². The van der Waals surface area contributed by atoms with Crippen LogP contribution in [0.25, 0.3) is 0 Å². The van der Waals surface area contributed by atoms with Crippen molar-refractivity contribution < 1.29 is 14.8 Å². The van der Waals surface area contributed by atoms with Crippen LogP contribution in [0.3, 0.4) is 0 Å². The maximum absolute atomic E-state index is 12.2. The van der Waals surface area contributed by atoms with Crippen LogP contribution in [0, 0.1) is 10.1 Å². The van der Waals surface area contributed by atoms with Crippen LogP contribution in [0.1, 0.15) is 10.4 Å². The Hall–Kier alpha value is -3.40. The summed E-state index contributed by atoms with van der Waals surface area (Å²) in [7, 11) is 0. The van der Waals surface area contributed by atoms with E-state index in [1.165, 1.54) is 36.7 Å². The molecule has 25 heavy (non-hydrogen) atoms. The molecule has 10 heteroatoms. The fourth-order valence-corrected chi connectivity index (χ4v) is 2.72. The SMILES string of the molecule is O=C(Nc1ccc(O)c(Sc2ncn[nH]2)c1)c1ccc([N+](=O)[O-])cc1. The standard InChI is InChI=1S/C15H11N5O4S/c21-12-6-3-10(7-13(12)25-15-16-8-17-19-15)18-14(22)9-1-4-11(5-2-9)20(23)24/h1-8,21H,(H,18,22)(H,16,17,19). The van der Waals surface area contributed by atoms with Gasteiger partial charge in [-0.2, -0.15) is 5.10 Å². The Kier molecular flexibility index (Phi) is 4.61. The number of anilines is 1. The highest BCUT2D eigenvalue weighted by Gasteiger charge is 2.12. The van der Waals surface area contributed by atoms with Crippen LogP contribution >= 0.6 is 11.8 Å². The van der Waals surface area contributed by atoms with Crippen LogP contribution < -0.4 is 5.32 Å². The molecule has 0 bridgehead atoms. The zero-order chi connectivity index (χ0) is 17.8. The van der Waals surface area contributed by atoms with Gasteiger partial charge in [0.05, 0.1) is 9.82 Å². The molecular formula is C15H11N5O4S. The van der Waals surface area contributed by atoms with Gasteiger partial charge in [0.25, 0.3) is 11.6 Å². The Morgan fingerprint density at radius 1 is 1.24 bits per heavy atom. The highest BCUT2D eigenvalue weighted by atomic mass is 32.2. The number of nitrogens with one attached hydrogen (secondary N) is 2. The molecule has 3 N–H and O–H groups in total. The topological polar surface area (TPSA) is 134 Å². The number of nitro groups is 1. The number of amides is 1. The van der Waals surface area contributed by atoms with Crippen LogP contribution in [0.5, 0.6) is 5.75 Å². The van der Waals surface area contributed by atoms with Gasteiger partial charge >= 0.3 is 0 Å². The van der Waals surface area contributed by atoms with Crippen molar-refractivity contribution in [2.75, 3.05) is 5.32 Å². The number of hydrogen-bond donors (Lipinski definition) is 3. The molecule has 0 aliphatic rings. The number of rotatable bonds is 5. The third-order valence-corrected chi connectivity index (χ3v) is 4.09. The molecule has 3 aromatic rings. The second kappa shape index (κ2) is 7.01. The number of carbonyl (C=O) groups excluding carboxylic acids is 1. The van der Waals surface area contributed by atoms with Gasteiger partial charge < -0.3 is 10.4 Å². The molecule has 1 amide bonds. The van der Waals surface area contributed by atoms with Gasteiger partial charge in [-0.1, -0.05) is 0 Å². The summed E-state index contributed by atoms with van der Waals surface area (Å²) >= 11 is 1.16. The monoisotopic (exact) mass is 357 g/mol. The Bertz CT molecular complexity index is 912. The zero-order valence-corrected chi connectivity index (χ0v) is 13.4. The number of H-pyrrole nitrogens is 1. The highest BCUT2D eigenvalue weighted by molar-refractivity contribution is 7.99. The van der Waals surface area contributed by atoms with E-state index in [2.05, 4.69) is 20.5 Å². The van der Waals surface area contributed by atoms with E-state index in [0.29, 0.717) is 15.7 Å². The van der Waals surface area contributed by atoms with Crippen molar-refractivity contribution in [3.8, 4) is 5.75 Å².